The number of nitrogens with one attached hydrogen (secondary N) is 2. The molecule has 1 atom stereocenters. The molecule has 0 aromatic heterocycles. The van der Waals surface area contributed by atoms with Gasteiger partial charge in [0.2, 0.25) is 0 Å². The van der Waals surface area contributed by atoms with Crippen LogP contribution in [0.2, 0.25) is 0 Å². The second kappa shape index (κ2) is 11.2. The highest BCUT2D eigenvalue weighted by Crippen LogP contribution is 2.16. The van der Waals surface area contributed by atoms with E-state index in [-0.39, 0.29) is 24.0 Å². The van der Waals surface area contributed by atoms with Crippen molar-refractivity contribution >= 4 is 39.8 Å². The van der Waals surface area contributed by atoms with Gasteiger partial charge in [-0.3, -0.25) is 4.99 Å². The molecule has 1 aliphatic heterocycles. The van der Waals surface area contributed by atoms with Crippen LogP contribution < -0.4 is 10.6 Å². The Kier molecular flexibility index (Phi) is 10.0. The average Bonchev–Trinajstić information content (AvgIpc) is 2.57. The molecule has 6 nitrogen and oxygen atoms in total. The Bertz CT molecular complexity index is 737. The number of halogens is 1. The van der Waals surface area contributed by atoms with E-state index in [4.69, 9.17) is 0 Å². The van der Waals surface area contributed by atoms with Gasteiger partial charge in [-0.1, -0.05) is 19.1 Å². The number of hydrogen-bond acceptors (Lipinski definition) is 4. The second-order valence-corrected chi connectivity index (χ2v) is 9.26. The molecule has 1 aromatic carbocycles. The van der Waals surface area contributed by atoms with E-state index in [0.717, 1.165) is 36.1 Å². The summed E-state index contributed by atoms with van der Waals surface area (Å²) in [6, 6.07) is 5.43. The maximum absolute atomic E-state index is 11.7. The van der Waals surface area contributed by atoms with Crippen LogP contribution >= 0.6 is 24.0 Å². The van der Waals surface area contributed by atoms with Crippen LogP contribution in [0.1, 0.15) is 30.9 Å². The van der Waals surface area contributed by atoms with Gasteiger partial charge in [-0.25, -0.2) is 8.42 Å². The monoisotopic (exact) mass is 508 g/mol. The minimum Gasteiger partial charge on any atom is -0.355 e. The quantitative estimate of drug-likeness (QED) is 0.351. The van der Waals surface area contributed by atoms with E-state index in [1.165, 1.54) is 32.2 Å². The van der Waals surface area contributed by atoms with Crippen LogP contribution in [0.4, 0.5) is 0 Å². The van der Waals surface area contributed by atoms with Crippen molar-refractivity contribution in [3.63, 3.8) is 0 Å². The smallest absolute Gasteiger partial charge is 0.191 e. The summed E-state index contributed by atoms with van der Waals surface area (Å²) < 4.78 is 23.4. The summed E-state index contributed by atoms with van der Waals surface area (Å²) >= 11 is 0. The van der Waals surface area contributed by atoms with Crippen molar-refractivity contribution in [1.29, 1.82) is 0 Å². The second-order valence-electron chi connectivity index (χ2n) is 7.27. The first-order valence-corrected chi connectivity index (χ1v) is 11.1. The van der Waals surface area contributed by atoms with E-state index in [1.807, 2.05) is 19.1 Å². The topological polar surface area (TPSA) is 73.8 Å². The number of aliphatic imine (C=N–C) groups is 1. The first kappa shape index (κ1) is 24.2. The number of hydrogen-bond donors (Lipinski definition) is 2. The van der Waals surface area contributed by atoms with Crippen LogP contribution in [-0.2, 0) is 16.4 Å². The summed E-state index contributed by atoms with van der Waals surface area (Å²) in [6.45, 7) is 8.99. The van der Waals surface area contributed by atoms with Crippen molar-refractivity contribution < 1.29 is 8.42 Å². The van der Waals surface area contributed by atoms with E-state index in [9.17, 15) is 8.42 Å². The Morgan fingerprint density at radius 1 is 1.33 bits per heavy atom. The van der Waals surface area contributed by atoms with Crippen molar-refractivity contribution in [2.75, 3.05) is 39.5 Å². The summed E-state index contributed by atoms with van der Waals surface area (Å²) in [4.78, 5) is 7.15. The van der Waals surface area contributed by atoms with Crippen LogP contribution in [0.25, 0.3) is 0 Å². The Morgan fingerprint density at radius 3 is 2.67 bits per heavy atom. The van der Waals surface area contributed by atoms with Gasteiger partial charge in [-0.05, 0) is 49.4 Å². The van der Waals surface area contributed by atoms with Gasteiger partial charge in [-0.15, -0.1) is 24.0 Å². The first-order chi connectivity index (χ1) is 12.3. The molecule has 1 fully saturated rings. The Morgan fingerprint density at radius 2 is 2.07 bits per heavy atom. The van der Waals surface area contributed by atoms with Crippen molar-refractivity contribution in [2.24, 2.45) is 10.9 Å². The van der Waals surface area contributed by atoms with E-state index in [0.29, 0.717) is 11.4 Å². The summed E-state index contributed by atoms with van der Waals surface area (Å²) in [5.74, 6) is 1.55. The van der Waals surface area contributed by atoms with Crippen LogP contribution in [0.5, 0.6) is 0 Å². The summed E-state index contributed by atoms with van der Waals surface area (Å²) in [5.41, 5.74) is 1.80. The third-order valence-electron chi connectivity index (χ3n) is 4.78. The predicted octanol–water partition coefficient (Wildman–Crippen LogP) is 2.41. The van der Waals surface area contributed by atoms with Crippen molar-refractivity contribution in [2.45, 2.75) is 38.1 Å². The van der Waals surface area contributed by atoms with Crippen molar-refractivity contribution in [3.8, 4) is 0 Å². The molecule has 1 aliphatic rings. The van der Waals surface area contributed by atoms with Gasteiger partial charge >= 0.3 is 0 Å². The van der Waals surface area contributed by atoms with Gasteiger partial charge in [0.05, 0.1) is 4.90 Å². The zero-order valence-electron chi connectivity index (χ0n) is 16.8. The molecular weight excluding hydrogens is 475 g/mol. The molecule has 2 N–H and O–H groups in total. The molecule has 0 aliphatic carbocycles. The lowest BCUT2D eigenvalue weighted by molar-refractivity contribution is 0.187. The summed E-state index contributed by atoms with van der Waals surface area (Å²) in [7, 11) is -1.41. The number of guanidine groups is 1. The Hall–Kier alpha value is -0.870. The van der Waals surface area contributed by atoms with Gasteiger partial charge in [0.25, 0.3) is 0 Å². The highest BCUT2D eigenvalue weighted by atomic mass is 127. The van der Waals surface area contributed by atoms with Crippen molar-refractivity contribution in [1.82, 2.24) is 15.5 Å². The van der Waals surface area contributed by atoms with Gasteiger partial charge < -0.3 is 15.5 Å². The molecule has 1 saturated heterocycles. The number of rotatable bonds is 6. The fourth-order valence-corrected chi connectivity index (χ4v) is 4.43. The molecule has 1 aromatic rings. The lowest BCUT2D eigenvalue weighted by Crippen LogP contribution is -2.43. The fourth-order valence-electron chi connectivity index (χ4n) is 3.47. The molecule has 0 bridgehead atoms. The summed E-state index contributed by atoms with van der Waals surface area (Å²) in [5, 5.41) is 6.64. The minimum absolute atomic E-state index is 0. The highest BCUT2D eigenvalue weighted by molar-refractivity contribution is 14.0. The maximum Gasteiger partial charge on any atom is 0.191 e. The van der Waals surface area contributed by atoms with Gasteiger partial charge in [0.1, 0.15) is 0 Å². The zero-order valence-corrected chi connectivity index (χ0v) is 19.9. The highest BCUT2D eigenvalue weighted by Gasteiger charge is 2.15. The maximum atomic E-state index is 11.7. The molecule has 154 valence electrons. The van der Waals surface area contributed by atoms with Gasteiger partial charge in [0.15, 0.2) is 15.8 Å². The molecular formula is C19H33IN4O2S. The van der Waals surface area contributed by atoms with Crippen molar-refractivity contribution in [3.05, 3.63) is 29.3 Å². The van der Waals surface area contributed by atoms with Gasteiger partial charge in [0, 0.05) is 39.5 Å². The van der Waals surface area contributed by atoms with Crippen LogP contribution in [0, 0.1) is 12.8 Å². The molecule has 8 heteroatoms. The standard InChI is InChI=1S/C19H32N4O2S.HI/c1-15-6-5-10-23(14-15)11-9-21-19(20-3)22-13-17-7-8-18(16(2)12-17)26(4,24)25;/h7-8,12,15H,5-6,9-11,13-14H2,1-4H3,(H2,20,21,22);1H. The Balaban J connectivity index is 0.00000364. The van der Waals surface area contributed by atoms with Crippen LogP contribution in [-0.4, -0.2) is 58.8 Å². The lowest BCUT2D eigenvalue weighted by Gasteiger charge is -2.30. The largest absolute Gasteiger partial charge is 0.355 e. The van der Waals surface area contributed by atoms with Crippen LogP contribution in [0.15, 0.2) is 28.1 Å². The molecule has 0 radical (unpaired) electrons. The molecule has 1 unspecified atom stereocenters. The van der Waals surface area contributed by atoms with E-state index < -0.39 is 9.84 Å². The zero-order chi connectivity index (χ0) is 19.2. The van der Waals surface area contributed by atoms with E-state index in [1.54, 1.807) is 13.1 Å². The Labute approximate surface area is 181 Å². The first-order valence-electron chi connectivity index (χ1n) is 9.26. The fraction of sp³-hybridized carbons (Fsp3) is 0.632. The van der Waals surface area contributed by atoms with E-state index >= 15 is 0 Å². The number of likely N-dealkylation sites (tertiary alicyclic amines) is 1. The molecule has 2 rings (SSSR count). The SMILES string of the molecule is CN=C(NCCN1CCCC(C)C1)NCc1ccc(S(C)(=O)=O)c(C)c1.I. The number of benzene rings is 1. The minimum atomic E-state index is -3.17. The molecule has 0 spiro atoms. The third kappa shape index (κ3) is 7.95. The number of piperidine rings is 1. The van der Waals surface area contributed by atoms with Gasteiger partial charge in [-0.2, -0.15) is 0 Å². The molecule has 0 saturated carbocycles. The number of sulfone groups is 1. The molecule has 1 heterocycles. The number of aryl methyl sites for hydroxylation is 1. The van der Waals surface area contributed by atoms with Crippen LogP contribution in [0.3, 0.4) is 0 Å². The summed E-state index contributed by atoms with van der Waals surface area (Å²) in [6.07, 6.45) is 3.86. The predicted molar refractivity (Wildman–Crippen MR) is 123 cm³/mol. The lowest BCUT2D eigenvalue weighted by atomic mass is 10.0. The third-order valence-corrected chi connectivity index (χ3v) is 6.04. The molecule has 27 heavy (non-hydrogen) atoms. The number of nitrogens with zero attached hydrogens (tertiary/aromatic N) is 2. The normalized spacial score (nSPS) is 18.7. The average molecular weight is 508 g/mol. The van der Waals surface area contributed by atoms with E-state index in [2.05, 4.69) is 27.4 Å². The molecule has 0 amide bonds.